The van der Waals surface area contributed by atoms with Gasteiger partial charge in [-0.3, -0.25) is 0 Å². The van der Waals surface area contributed by atoms with E-state index in [-0.39, 0.29) is 16.9 Å². The topological polar surface area (TPSA) is 35.2 Å². The highest BCUT2D eigenvalue weighted by atomic mass is 16.5. The fourth-order valence-corrected chi connectivity index (χ4v) is 2.63. The van der Waals surface area contributed by atoms with Crippen molar-refractivity contribution in [2.45, 2.75) is 57.4 Å². The van der Waals surface area contributed by atoms with Crippen molar-refractivity contribution in [3.8, 4) is 0 Å². The molecule has 1 aliphatic rings. The van der Waals surface area contributed by atoms with Gasteiger partial charge < -0.3 is 10.5 Å². The summed E-state index contributed by atoms with van der Waals surface area (Å²) in [5.41, 5.74) is 9.12. The number of benzene rings is 1. The van der Waals surface area contributed by atoms with E-state index in [1.54, 1.807) is 0 Å². The van der Waals surface area contributed by atoms with Gasteiger partial charge in [0, 0.05) is 11.5 Å². The zero-order valence-electron chi connectivity index (χ0n) is 12.7. The maximum absolute atomic E-state index is 5.90. The lowest BCUT2D eigenvalue weighted by atomic mass is 9.73. The molecule has 1 heterocycles. The second-order valence-corrected chi connectivity index (χ2v) is 7.12. The molecule has 1 unspecified atom stereocenters. The first kappa shape index (κ1) is 14.5. The fourth-order valence-electron chi connectivity index (χ4n) is 2.63. The average molecular weight is 261 g/mol. The molecule has 0 aliphatic carbocycles. The number of nitrogens with two attached hydrogens (primary N) is 1. The van der Waals surface area contributed by atoms with Gasteiger partial charge in [-0.05, 0) is 36.3 Å². The molecule has 1 aromatic rings. The normalized spacial score (nSPS) is 19.8. The van der Waals surface area contributed by atoms with Crippen LogP contribution in [-0.2, 0) is 15.6 Å². The summed E-state index contributed by atoms with van der Waals surface area (Å²) >= 11 is 0. The van der Waals surface area contributed by atoms with Crippen molar-refractivity contribution in [3.63, 3.8) is 0 Å². The molecule has 0 amide bonds. The van der Waals surface area contributed by atoms with Gasteiger partial charge in [0.1, 0.15) is 0 Å². The molecule has 2 N–H and O–H groups in total. The Morgan fingerprint density at radius 1 is 1.21 bits per heavy atom. The van der Waals surface area contributed by atoms with Crippen molar-refractivity contribution < 1.29 is 4.74 Å². The van der Waals surface area contributed by atoms with Crippen LogP contribution >= 0.6 is 0 Å². The molecule has 1 aromatic carbocycles. The van der Waals surface area contributed by atoms with Crippen LogP contribution in [0.1, 0.15) is 51.7 Å². The molecular weight excluding hydrogens is 234 g/mol. The Morgan fingerprint density at radius 3 is 2.16 bits per heavy atom. The molecule has 0 spiro atoms. The Hall–Kier alpha value is -0.860. The Bertz CT molecular complexity index is 410. The summed E-state index contributed by atoms with van der Waals surface area (Å²) in [6, 6.07) is 9.36. The van der Waals surface area contributed by atoms with Crippen LogP contribution in [0, 0.1) is 0 Å². The highest BCUT2D eigenvalue weighted by molar-refractivity contribution is 5.33. The monoisotopic (exact) mass is 261 g/mol. The zero-order valence-corrected chi connectivity index (χ0v) is 12.7. The molecule has 1 aliphatic heterocycles. The molecule has 1 atom stereocenters. The van der Waals surface area contributed by atoms with Crippen molar-refractivity contribution in [3.05, 3.63) is 35.4 Å². The summed E-state index contributed by atoms with van der Waals surface area (Å²) in [6.07, 6.45) is 2.18. The first-order valence-electron chi connectivity index (χ1n) is 7.28. The maximum atomic E-state index is 5.90. The van der Waals surface area contributed by atoms with Crippen molar-refractivity contribution in [2.75, 3.05) is 13.2 Å². The van der Waals surface area contributed by atoms with Crippen molar-refractivity contribution >= 4 is 0 Å². The predicted molar refractivity (Wildman–Crippen MR) is 80.5 cm³/mol. The molecule has 0 radical (unpaired) electrons. The number of rotatable bonds is 4. The van der Waals surface area contributed by atoms with E-state index in [1.165, 1.54) is 11.1 Å². The number of hydrogen-bond donors (Lipinski definition) is 1. The quantitative estimate of drug-likeness (QED) is 0.902. The Balaban J connectivity index is 2.15. The van der Waals surface area contributed by atoms with Crippen LogP contribution in [-0.4, -0.2) is 19.3 Å². The minimum absolute atomic E-state index is 0.212. The van der Waals surface area contributed by atoms with Gasteiger partial charge >= 0.3 is 0 Å². The molecule has 1 fully saturated rings. The molecule has 19 heavy (non-hydrogen) atoms. The molecule has 0 saturated carbocycles. The summed E-state index contributed by atoms with van der Waals surface area (Å²) in [4.78, 5) is 0. The average Bonchev–Trinajstić information content (AvgIpc) is 2.26. The first-order valence-corrected chi connectivity index (χ1v) is 7.28. The van der Waals surface area contributed by atoms with Gasteiger partial charge in [-0.15, -0.1) is 0 Å². The third-order valence-corrected chi connectivity index (χ3v) is 4.20. The van der Waals surface area contributed by atoms with E-state index >= 15 is 0 Å². The van der Waals surface area contributed by atoms with Gasteiger partial charge in [0.15, 0.2) is 0 Å². The van der Waals surface area contributed by atoms with Crippen LogP contribution in [0.15, 0.2) is 24.3 Å². The second kappa shape index (κ2) is 5.26. The van der Waals surface area contributed by atoms with Crippen molar-refractivity contribution in [1.29, 1.82) is 0 Å². The lowest BCUT2D eigenvalue weighted by molar-refractivity contribution is -0.0656. The van der Waals surface area contributed by atoms with Crippen molar-refractivity contribution in [2.24, 2.45) is 5.73 Å². The minimum atomic E-state index is 0.212. The molecule has 0 aromatic heterocycles. The van der Waals surface area contributed by atoms with Crippen LogP contribution in [0.25, 0.3) is 0 Å². The summed E-state index contributed by atoms with van der Waals surface area (Å²) in [5, 5.41) is 0. The molecule has 106 valence electrons. The van der Waals surface area contributed by atoms with Crippen LogP contribution in [0.5, 0.6) is 0 Å². The highest BCUT2D eigenvalue weighted by Crippen LogP contribution is 2.38. The molecular formula is C17H27NO. The van der Waals surface area contributed by atoms with Gasteiger partial charge in [-0.25, -0.2) is 0 Å². The predicted octanol–water partition coefficient (Wildman–Crippen LogP) is 3.38. The SMILES string of the molecule is CC(N)CCC1(c2ccc(C(C)(C)C)cc2)COC1. The van der Waals surface area contributed by atoms with E-state index in [0.29, 0.717) is 0 Å². The van der Waals surface area contributed by atoms with Crippen LogP contribution in [0.4, 0.5) is 0 Å². The lowest BCUT2D eigenvalue weighted by Crippen LogP contribution is -2.47. The summed E-state index contributed by atoms with van der Waals surface area (Å²) in [7, 11) is 0. The smallest absolute Gasteiger partial charge is 0.0585 e. The largest absolute Gasteiger partial charge is 0.379 e. The number of hydrogen-bond acceptors (Lipinski definition) is 2. The van der Waals surface area contributed by atoms with Crippen LogP contribution in [0.2, 0.25) is 0 Å². The second-order valence-electron chi connectivity index (χ2n) is 7.12. The van der Waals surface area contributed by atoms with Gasteiger partial charge in [-0.2, -0.15) is 0 Å². The van der Waals surface area contributed by atoms with Gasteiger partial charge in [-0.1, -0.05) is 45.0 Å². The van der Waals surface area contributed by atoms with Crippen LogP contribution in [0.3, 0.4) is 0 Å². The molecule has 0 bridgehead atoms. The fraction of sp³-hybridized carbons (Fsp3) is 0.647. The van der Waals surface area contributed by atoms with E-state index in [1.807, 2.05) is 0 Å². The Kier molecular flexibility index (Phi) is 4.03. The van der Waals surface area contributed by atoms with E-state index in [4.69, 9.17) is 10.5 Å². The standard InChI is InChI=1S/C17H27NO/c1-13(18)9-10-17(11-19-12-17)15-7-5-14(6-8-15)16(2,3)4/h5-8,13H,9-12,18H2,1-4H3. The Labute approximate surface area is 117 Å². The minimum Gasteiger partial charge on any atom is -0.379 e. The Morgan fingerprint density at radius 2 is 1.79 bits per heavy atom. The van der Waals surface area contributed by atoms with Gasteiger partial charge in [0.2, 0.25) is 0 Å². The van der Waals surface area contributed by atoms with E-state index in [9.17, 15) is 0 Å². The van der Waals surface area contributed by atoms with E-state index in [0.717, 1.165) is 26.1 Å². The number of ether oxygens (including phenoxy) is 1. The van der Waals surface area contributed by atoms with E-state index < -0.39 is 0 Å². The molecule has 2 heteroatoms. The van der Waals surface area contributed by atoms with E-state index in [2.05, 4.69) is 52.0 Å². The lowest BCUT2D eigenvalue weighted by Gasteiger charge is -2.42. The van der Waals surface area contributed by atoms with Crippen molar-refractivity contribution in [1.82, 2.24) is 0 Å². The molecule has 2 nitrogen and oxygen atoms in total. The molecule has 2 rings (SSSR count). The highest BCUT2D eigenvalue weighted by Gasteiger charge is 2.39. The van der Waals surface area contributed by atoms with Gasteiger partial charge in [0.25, 0.3) is 0 Å². The molecule has 1 saturated heterocycles. The van der Waals surface area contributed by atoms with Gasteiger partial charge in [0.05, 0.1) is 13.2 Å². The zero-order chi connectivity index (χ0) is 14.1. The first-order chi connectivity index (χ1) is 8.83. The summed E-state index contributed by atoms with van der Waals surface area (Å²) < 4.78 is 5.48. The summed E-state index contributed by atoms with van der Waals surface area (Å²) in [6.45, 7) is 10.5. The third-order valence-electron chi connectivity index (χ3n) is 4.20. The van der Waals surface area contributed by atoms with Crippen LogP contribution < -0.4 is 5.73 Å². The maximum Gasteiger partial charge on any atom is 0.0585 e. The summed E-state index contributed by atoms with van der Waals surface area (Å²) in [5.74, 6) is 0. The third kappa shape index (κ3) is 3.18.